The molecule has 31 heavy (non-hydrogen) atoms. The summed E-state index contributed by atoms with van der Waals surface area (Å²) in [4.78, 5) is 13.7. The summed E-state index contributed by atoms with van der Waals surface area (Å²) in [6.07, 6.45) is 2.18. The third-order valence-corrected chi connectivity index (χ3v) is 6.65. The van der Waals surface area contributed by atoms with E-state index in [1.165, 1.54) is 33.2 Å². The summed E-state index contributed by atoms with van der Waals surface area (Å²) in [5.41, 5.74) is 8.25. The average Bonchev–Trinajstić information content (AvgIpc) is 3.09. The summed E-state index contributed by atoms with van der Waals surface area (Å²) in [5.74, 6) is 0.397. The van der Waals surface area contributed by atoms with E-state index in [1.807, 2.05) is 19.1 Å². The zero-order valence-electron chi connectivity index (χ0n) is 18.5. The lowest BCUT2D eigenvalue weighted by molar-refractivity contribution is -0.113. The largest absolute Gasteiger partial charge is 0.342 e. The number of nitrogens with zero attached hydrogens (tertiary/aromatic N) is 1. The van der Waals surface area contributed by atoms with Crippen molar-refractivity contribution < 1.29 is 4.79 Å². The van der Waals surface area contributed by atoms with Gasteiger partial charge in [0.15, 0.2) is 0 Å². The van der Waals surface area contributed by atoms with Crippen LogP contribution < -0.4 is 5.32 Å². The second kappa shape index (κ2) is 9.03. The molecule has 0 saturated heterocycles. The van der Waals surface area contributed by atoms with Crippen LogP contribution in [0.15, 0.2) is 71.8 Å². The summed E-state index contributed by atoms with van der Waals surface area (Å²) < 4.78 is 2.29. The van der Waals surface area contributed by atoms with Gasteiger partial charge in [0.25, 0.3) is 0 Å². The van der Waals surface area contributed by atoms with Crippen molar-refractivity contribution in [2.45, 2.75) is 39.1 Å². The Hall–Kier alpha value is -2.98. The third-order valence-electron chi connectivity index (χ3n) is 5.61. The first kappa shape index (κ1) is 21.3. The third kappa shape index (κ3) is 4.86. The molecule has 0 atom stereocenters. The van der Waals surface area contributed by atoms with Crippen LogP contribution in [0.25, 0.3) is 10.9 Å². The molecule has 1 heterocycles. The van der Waals surface area contributed by atoms with Crippen molar-refractivity contribution in [2.24, 2.45) is 0 Å². The van der Waals surface area contributed by atoms with Crippen LogP contribution >= 0.6 is 11.8 Å². The van der Waals surface area contributed by atoms with Crippen LogP contribution in [-0.4, -0.2) is 16.2 Å². The highest BCUT2D eigenvalue weighted by Crippen LogP contribution is 2.31. The minimum absolute atomic E-state index is 0.0170. The minimum atomic E-state index is 0.0170. The van der Waals surface area contributed by atoms with Crippen molar-refractivity contribution >= 4 is 34.3 Å². The molecule has 158 valence electrons. The monoisotopic (exact) mass is 428 g/mol. The number of carbonyl (C=O) groups excluding carboxylic acids is 1. The molecule has 4 rings (SSSR count). The number of hydrogen-bond acceptors (Lipinski definition) is 2. The van der Waals surface area contributed by atoms with Gasteiger partial charge in [0.05, 0.1) is 5.75 Å². The first-order chi connectivity index (χ1) is 14.9. The lowest BCUT2D eigenvalue weighted by Gasteiger charge is -2.10. The molecule has 3 nitrogen and oxygen atoms in total. The number of thioether (sulfide) groups is 1. The molecule has 0 radical (unpaired) electrons. The number of fused-ring (bicyclic) bond motifs is 1. The Balaban J connectivity index is 1.53. The summed E-state index contributed by atoms with van der Waals surface area (Å²) in [6.45, 7) is 9.20. The van der Waals surface area contributed by atoms with Crippen LogP contribution in [0.5, 0.6) is 0 Å². The molecule has 0 aliphatic rings. The molecule has 1 N–H and O–H groups in total. The van der Waals surface area contributed by atoms with Gasteiger partial charge < -0.3 is 9.88 Å². The Labute approximate surface area is 188 Å². The van der Waals surface area contributed by atoms with Gasteiger partial charge >= 0.3 is 0 Å². The number of hydrogen-bond donors (Lipinski definition) is 1. The van der Waals surface area contributed by atoms with Crippen LogP contribution in [0.3, 0.4) is 0 Å². The maximum absolute atomic E-state index is 12.6. The fraction of sp³-hybridized carbons (Fsp3) is 0.222. The summed E-state index contributed by atoms with van der Waals surface area (Å²) in [6, 6.07) is 21.1. The Morgan fingerprint density at radius 3 is 2.45 bits per heavy atom. The molecule has 4 aromatic rings. The van der Waals surface area contributed by atoms with Crippen molar-refractivity contribution in [3.05, 3.63) is 94.7 Å². The number of aromatic nitrogens is 1. The molecule has 1 aromatic heterocycles. The molecule has 0 unspecified atom stereocenters. The Morgan fingerprint density at radius 1 is 0.903 bits per heavy atom. The molecule has 0 aliphatic heterocycles. The number of aryl methyl sites for hydroxylation is 4. The second-order valence-electron chi connectivity index (χ2n) is 8.22. The molecule has 0 fully saturated rings. The highest BCUT2D eigenvalue weighted by molar-refractivity contribution is 8.00. The standard InChI is InChI=1S/C27H28N2OS/c1-18-10-12-24(21(4)13-18)28-27(30)17-31-26-16-29(25-8-6-5-7-23(25)26)15-22-14-19(2)9-11-20(22)3/h5-14,16H,15,17H2,1-4H3,(H,28,30). The van der Waals surface area contributed by atoms with Gasteiger partial charge in [-0.05, 0) is 56.5 Å². The van der Waals surface area contributed by atoms with Gasteiger partial charge in [0.2, 0.25) is 5.91 Å². The predicted molar refractivity (Wildman–Crippen MR) is 132 cm³/mol. The van der Waals surface area contributed by atoms with E-state index in [9.17, 15) is 4.79 Å². The number of nitrogens with one attached hydrogen (secondary N) is 1. The Kier molecular flexibility index (Phi) is 6.19. The van der Waals surface area contributed by atoms with Crippen LogP contribution in [0, 0.1) is 27.7 Å². The van der Waals surface area contributed by atoms with E-state index in [4.69, 9.17) is 0 Å². The maximum Gasteiger partial charge on any atom is 0.234 e. The Morgan fingerprint density at radius 2 is 1.65 bits per heavy atom. The number of amides is 1. The van der Waals surface area contributed by atoms with Crippen molar-refractivity contribution in [1.82, 2.24) is 4.57 Å². The number of carbonyl (C=O) groups is 1. The molecule has 0 saturated carbocycles. The normalized spacial score (nSPS) is 11.1. The van der Waals surface area contributed by atoms with E-state index in [0.717, 1.165) is 22.7 Å². The molecule has 0 aliphatic carbocycles. The van der Waals surface area contributed by atoms with Crippen LogP contribution in [0.1, 0.15) is 27.8 Å². The van der Waals surface area contributed by atoms with E-state index in [1.54, 1.807) is 11.8 Å². The Bertz CT molecular complexity index is 1260. The molecule has 0 spiro atoms. The average molecular weight is 429 g/mol. The van der Waals surface area contributed by atoms with E-state index >= 15 is 0 Å². The molecular formula is C27H28N2OS. The highest BCUT2D eigenvalue weighted by Gasteiger charge is 2.12. The smallest absolute Gasteiger partial charge is 0.234 e. The fourth-order valence-corrected chi connectivity index (χ4v) is 4.79. The SMILES string of the molecule is Cc1ccc(NC(=O)CSc2cn(Cc3cc(C)ccc3C)c3ccccc23)c(C)c1. The van der Waals surface area contributed by atoms with Crippen LogP contribution in [0.2, 0.25) is 0 Å². The molecular weight excluding hydrogens is 400 g/mol. The van der Waals surface area contributed by atoms with Gasteiger partial charge in [-0.15, -0.1) is 11.8 Å². The van der Waals surface area contributed by atoms with Crippen molar-refractivity contribution in [3.8, 4) is 0 Å². The second-order valence-corrected chi connectivity index (χ2v) is 9.24. The van der Waals surface area contributed by atoms with Crippen molar-refractivity contribution in [1.29, 1.82) is 0 Å². The van der Waals surface area contributed by atoms with Crippen LogP contribution in [-0.2, 0) is 11.3 Å². The van der Waals surface area contributed by atoms with Crippen molar-refractivity contribution in [3.63, 3.8) is 0 Å². The molecule has 1 amide bonds. The minimum Gasteiger partial charge on any atom is -0.342 e. The fourth-order valence-electron chi connectivity index (χ4n) is 3.90. The maximum atomic E-state index is 12.6. The number of para-hydroxylation sites is 1. The van der Waals surface area contributed by atoms with Gasteiger partial charge in [-0.1, -0.05) is 59.7 Å². The predicted octanol–water partition coefficient (Wildman–Crippen LogP) is 6.65. The van der Waals surface area contributed by atoms with Gasteiger partial charge in [-0.25, -0.2) is 0 Å². The van der Waals surface area contributed by atoms with Gasteiger partial charge in [0.1, 0.15) is 0 Å². The van der Waals surface area contributed by atoms with E-state index in [0.29, 0.717) is 5.75 Å². The number of anilines is 1. The lowest BCUT2D eigenvalue weighted by atomic mass is 10.1. The first-order valence-corrected chi connectivity index (χ1v) is 11.5. The van der Waals surface area contributed by atoms with Crippen molar-refractivity contribution in [2.75, 3.05) is 11.1 Å². The highest BCUT2D eigenvalue weighted by atomic mass is 32.2. The number of rotatable bonds is 6. The molecule has 3 aromatic carbocycles. The first-order valence-electron chi connectivity index (χ1n) is 10.5. The van der Waals surface area contributed by atoms with E-state index in [2.05, 4.69) is 85.4 Å². The van der Waals surface area contributed by atoms with E-state index in [-0.39, 0.29) is 5.91 Å². The van der Waals surface area contributed by atoms with Gasteiger partial charge in [-0.2, -0.15) is 0 Å². The summed E-state index contributed by atoms with van der Waals surface area (Å²) in [5, 5.41) is 4.24. The van der Waals surface area contributed by atoms with Crippen LogP contribution in [0.4, 0.5) is 5.69 Å². The topological polar surface area (TPSA) is 34.0 Å². The van der Waals surface area contributed by atoms with E-state index < -0.39 is 0 Å². The zero-order valence-corrected chi connectivity index (χ0v) is 19.3. The number of benzene rings is 3. The zero-order chi connectivity index (χ0) is 22.0. The lowest BCUT2D eigenvalue weighted by Crippen LogP contribution is -2.14. The summed E-state index contributed by atoms with van der Waals surface area (Å²) in [7, 11) is 0. The van der Waals surface area contributed by atoms with Gasteiger partial charge in [-0.3, -0.25) is 4.79 Å². The molecule has 4 heteroatoms. The molecule has 0 bridgehead atoms. The quantitative estimate of drug-likeness (QED) is 0.349. The van der Waals surface area contributed by atoms with Gasteiger partial charge in [0, 0.05) is 34.2 Å². The summed E-state index contributed by atoms with van der Waals surface area (Å²) >= 11 is 1.59.